The average Bonchev–Trinajstić information content (AvgIpc) is 2.49. The van der Waals surface area contributed by atoms with Gasteiger partial charge < -0.3 is 19.3 Å². The third-order valence-corrected chi connectivity index (χ3v) is 3.27. The summed E-state index contributed by atoms with van der Waals surface area (Å²) in [5.74, 6) is 0.502. The van der Waals surface area contributed by atoms with Crippen molar-refractivity contribution < 1.29 is 19.3 Å². The van der Waals surface area contributed by atoms with E-state index in [-0.39, 0.29) is 0 Å². The molecule has 21 heavy (non-hydrogen) atoms. The monoisotopic (exact) mass is 296 g/mol. The number of hydrogen-bond acceptors (Lipinski definition) is 4. The molecule has 1 aromatic carbocycles. The van der Waals surface area contributed by atoms with Gasteiger partial charge in [-0.25, -0.2) is 0 Å². The van der Waals surface area contributed by atoms with E-state index in [9.17, 15) is 5.11 Å². The number of aliphatic hydroxyl groups is 1. The highest BCUT2D eigenvalue weighted by atomic mass is 16.5. The lowest BCUT2D eigenvalue weighted by Crippen LogP contribution is -2.12. The predicted octanol–water partition coefficient (Wildman–Crippen LogP) is 2.91. The van der Waals surface area contributed by atoms with Crippen molar-refractivity contribution in [2.45, 2.75) is 32.3 Å². The Bertz CT molecular complexity index is 362. The van der Waals surface area contributed by atoms with Crippen LogP contribution in [0, 0.1) is 0 Å². The SMILES string of the molecule is COCCCOCCOCC(O)c1ccc(C(C)C)cc1. The lowest BCUT2D eigenvalue weighted by atomic mass is 10.0. The van der Waals surface area contributed by atoms with Gasteiger partial charge >= 0.3 is 0 Å². The number of benzene rings is 1. The van der Waals surface area contributed by atoms with E-state index in [1.807, 2.05) is 12.1 Å². The molecule has 0 bridgehead atoms. The maximum Gasteiger partial charge on any atom is 0.102 e. The predicted molar refractivity (Wildman–Crippen MR) is 83.6 cm³/mol. The van der Waals surface area contributed by atoms with Crippen molar-refractivity contribution >= 4 is 0 Å². The third-order valence-electron chi connectivity index (χ3n) is 3.27. The molecule has 0 saturated carbocycles. The molecule has 1 N–H and O–H groups in total. The molecule has 0 aliphatic rings. The highest BCUT2D eigenvalue weighted by Gasteiger charge is 2.08. The standard InChI is InChI=1S/C17H28O4/c1-14(2)15-5-7-16(8-6-15)17(18)13-21-12-11-20-10-4-9-19-3/h5-8,14,17-18H,4,9-13H2,1-3H3. The van der Waals surface area contributed by atoms with Crippen molar-refractivity contribution in [1.29, 1.82) is 0 Å². The van der Waals surface area contributed by atoms with E-state index in [1.165, 1.54) is 5.56 Å². The topological polar surface area (TPSA) is 47.9 Å². The van der Waals surface area contributed by atoms with Crippen LogP contribution in [0.25, 0.3) is 0 Å². The van der Waals surface area contributed by atoms with E-state index in [2.05, 4.69) is 26.0 Å². The summed E-state index contributed by atoms with van der Waals surface area (Å²) in [5.41, 5.74) is 2.16. The summed E-state index contributed by atoms with van der Waals surface area (Å²) < 4.78 is 15.7. The van der Waals surface area contributed by atoms with Crippen molar-refractivity contribution in [3.8, 4) is 0 Å². The van der Waals surface area contributed by atoms with Crippen LogP contribution in [0.3, 0.4) is 0 Å². The zero-order valence-corrected chi connectivity index (χ0v) is 13.4. The lowest BCUT2D eigenvalue weighted by Gasteiger charge is -2.13. The molecule has 0 aromatic heterocycles. The Hall–Kier alpha value is -0.940. The number of rotatable bonds is 11. The van der Waals surface area contributed by atoms with Crippen molar-refractivity contribution in [2.24, 2.45) is 0 Å². The van der Waals surface area contributed by atoms with Crippen molar-refractivity contribution in [3.63, 3.8) is 0 Å². The van der Waals surface area contributed by atoms with Gasteiger partial charge in [-0.15, -0.1) is 0 Å². The Morgan fingerprint density at radius 1 is 0.905 bits per heavy atom. The summed E-state index contributed by atoms with van der Waals surface area (Å²) in [6.07, 6.45) is 0.307. The summed E-state index contributed by atoms with van der Waals surface area (Å²) in [5, 5.41) is 10.0. The highest BCUT2D eigenvalue weighted by molar-refractivity contribution is 5.26. The number of methoxy groups -OCH3 is 1. The van der Waals surface area contributed by atoms with Crippen LogP contribution in [-0.4, -0.2) is 45.3 Å². The fourth-order valence-electron chi connectivity index (χ4n) is 1.92. The van der Waals surface area contributed by atoms with E-state index in [0.717, 1.165) is 12.0 Å². The second-order valence-corrected chi connectivity index (χ2v) is 5.37. The first-order valence-corrected chi connectivity index (χ1v) is 7.57. The van der Waals surface area contributed by atoms with Gasteiger partial charge in [0.1, 0.15) is 6.10 Å². The maximum absolute atomic E-state index is 10.0. The van der Waals surface area contributed by atoms with Gasteiger partial charge in [0, 0.05) is 20.3 Å². The smallest absolute Gasteiger partial charge is 0.102 e. The Morgan fingerprint density at radius 3 is 2.14 bits per heavy atom. The zero-order chi connectivity index (χ0) is 15.5. The van der Waals surface area contributed by atoms with Crippen LogP contribution in [0.15, 0.2) is 24.3 Å². The molecule has 4 nitrogen and oxygen atoms in total. The minimum Gasteiger partial charge on any atom is -0.386 e. The Labute approximate surface area is 128 Å². The van der Waals surface area contributed by atoms with Crippen molar-refractivity contribution in [3.05, 3.63) is 35.4 Å². The van der Waals surface area contributed by atoms with Gasteiger partial charge in [-0.2, -0.15) is 0 Å². The van der Waals surface area contributed by atoms with Crippen molar-refractivity contribution in [1.82, 2.24) is 0 Å². The first-order chi connectivity index (χ1) is 10.1. The molecule has 1 rings (SSSR count). The number of aliphatic hydroxyl groups excluding tert-OH is 1. The van der Waals surface area contributed by atoms with E-state index in [1.54, 1.807) is 7.11 Å². The molecule has 1 unspecified atom stereocenters. The lowest BCUT2D eigenvalue weighted by molar-refractivity contribution is 0.000496. The van der Waals surface area contributed by atoms with Gasteiger partial charge in [-0.1, -0.05) is 38.1 Å². The number of ether oxygens (including phenoxy) is 3. The van der Waals surface area contributed by atoms with Crippen LogP contribution >= 0.6 is 0 Å². The second kappa shape index (κ2) is 10.7. The fourth-order valence-corrected chi connectivity index (χ4v) is 1.92. The van der Waals surface area contributed by atoms with Gasteiger partial charge in [0.05, 0.1) is 19.8 Å². The molecule has 0 amide bonds. The van der Waals surface area contributed by atoms with Crippen LogP contribution in [0.1, 0.15) is 43.4 Å². The van der Waals surface area contributed by atoms with E-state index < -0.39 is 6.10 Å². The second-order valence-electron chi connectivity index (χ2n) is 5.37. The summed E-state index contributed by atoms with van der Waals surface area (Å²) in [6, 6.07) is 8.04. The van der Waals surface area contributed by atoms with Crippen LogP contribution in [-0.2, 0) is 14.2 Å². The summed E-state index contributed by atoms with van der Waals surface area (Å²) in [6.45, 7) is 7.03. The minimum absolute atomic E-state index is 0.294. The highest BCUT2D eigenvalue weighted by Crippen LogP contribution is 2.18. The first-order valence-electron chi connectivity index (χ1n) is 7.57. The summed E-state index contributed by atoms with van der Waals surface area (Å²) in [4.78, 5) is 0. The van der Waals surface area contributed by atoms with Gasteiger partial charge in [0.15, 0.2) is 0 Å². The van der Waals surface area contributed by atoms with E-state index in [0.29, 0.717) is 39.0 Å². The molecule has 0 heterocycles. The summed E-state index contributed by atoms with van der Waals surface area (Å²) in [7, 11) is 1.68. The normalized spacial score (nSPS) is 12.8. The van der Waals surface area contributed by atoms with E-state index >= 15 is 0 Å². The van der Waals surface area contributed by atoms with Gasteiger partial charge in [0.25, 0.3) is 0 Å². The molecule has 1 aromatic rings. The first kappa shape index (κ1) is 18.1. The molecule has 4 heteroatoms. The minimum atomic E-state index is -0.584. The molecular formula is C17H28O4. The van der Waals surface area contributed by atoms with Gasteiger partial charge in [-0.3, -0.25) is 0 Å². The van der Waals surface area contributed by atoms with Gasteiger partial charge in [-0.05, 0) is 23.5 Å². The van der Waals surface area contributed by atoms with Crippen molar-refractivity contribution in [2.75, 3.05) is 40.1 Å². The zero-order valence-electron chi connectivity index (χ0n) is 13.4. The molecule has 0 aliphatic heterocycles. The van der Waals surface area contributed by atoms with Crippen LogP contribution in [0.4, 0.5) is 0 Å². The van der Waals surface area contributed by atoms with Crippen LogP contribution < -0.4 is 0 Å². The fraction of sp³-hybridized carbons (Fsp3) is 0.647. The molecule has 0 aliphatic carbocycles. The Balaban J connectivity index is 2.14. The van der Waals surface area contributed by atoms with Crippen LogP contribution in [0.5, 0.6) is 0 Å². The molecular weight excluding hydrogens is 268 g/mol. The quantitative estimate of drug-likeness (QED) is 0.638. The molecule has 0 radical (unpaired) electrons. The maximum atomic E-state index is 10.0. The largest absolute Gasteiger partial charge is 0.386 e. The Morgan fingerprint density at radius 2 is 1.52 bits per heavy atom. The van der Waals surface area contributed by atoms with E-state index in [4.69, 9.17) is 14.2 Å². The molecule has 120 valence electrons. The average molecular weight is 296 g/mol. The van der Waals surface area contributed by atoms with Crippen LogP contribution in [0.2, 0.25) is 0 Å². The Kier molecular flexibility index (Phi) is 9.26. The molecule has 0 fully saturated rings. The summed E-state index contributed by atoms with van der Waals surface area (Å²) >= 11 is 0. The molecule has 0 saturated heterocycles. The third kappa shape index (κ3) is 7.58. The number of hydrogen-bond donors (Lipinski definition) is 1. The molecule has 1 atom stereocenters. The molecule has 0 spiro atoms. The van der Waals surface area contributed by atoms with Gasteiger partial charge in [0.2, 0.25) is 0 Å².